The van der Waals surface area contributed by atoms with Crippen molar-refractivity contribution >= 4 is 5.91 Å². The maximum absolute atomic E-state index is 12.8. The Bertz CT molecular complexity index is 496. The van der Waals surface area contributed by atoms with Crippen LogP contribution in [0.25, 0.3) is 0 Å². The number of rotatable bonds is 4. The largest absolute Gasteiger partial charge is 0.337 e. The average Bonchev–Trinajstić information content (AvgIpc) is 2.88. The van der Waals surface area contributed by atoms with Gasteiger partial charge in [0.05, 0.1) is 6.54 Å². The minimum Gasteiger partial charge on any atom is -0.337 e. The lowest BCUT2D eigenvalue weighted by Crippen LogP contribution is -2.38. The zero-order valence-corrected chi connectivity index (χ0v) is 14.6. The Morgan fingerprint density at radius 3 is 2.32 bits per heavy atom. The Kier molecular flexibility index (Phi) is 5.24. The van der Waals surface area contributed by atoms with E-state index in [2.05, 4.69) is 31.1 Å². The Morgan fingerprint density at radius 2 is 1.86 bits per heavy atom. The second kappa shape index (κ2) is 6.80. The van der Waals surface area contributed by atoms with Gasteiger partial charge in [-0.05, 0) is 50.9 Å². The van der Waals surface area contributed by atoms with Crippen LogP contribution in [-0.2, 0) is 11.3 Å². The van der Waals surface area contributed by atoms with Crippen LogP contribution in [0.3, 0.4) is 0 Å². The van der Waals surface area contributed by atoms with Crippen LogP contribution in [0.5, 0.6) is 0 Å². The highest BCUT2D eigenvalue weighted by Crippen LogP contribution is 2.40. The van der Waals surface area contributed by atoms with Crippen molar-refractivity contribution in [3.8, 4) is 0 Å². The molecule has 1 fully saturated rings. The number of hydrogen-bond donors (Lipinski definition) is 0. The smallest absolute Gasteiger partial charge is 0.226 e. The minimum atomic E-state index is 0.165. The Balaban J connectivity index is 1.94. The van der Waals surface area contributed by atoms with Gasteiger partial charge in [-0.3, -0.25) is 4.79 Å². The normalized spacial score (nSPS) is 22.6. The van der Waals surface area contributed by atoms with Crippen molar-refractivity contribution in [1.29, 1.82) is 0 Å². The number of amides is 1. The Hall–Kier alpha value is -1.39. The first kappa shape index (κ1) is 17.0. The molecule has 1 aromatic rings. The summed E-state index contributed by atoms with van der Waals surface area (Å²) in [5.41, 5.74) is 1.88. The molecule has 0 saturated heterocycles. The zero-order valence-electron chi connectivity index (χ0n) is 14.6. The molecule has 124 valence electrons. The van der Waals surface area contributed by atoms with Crippen LogP contribution in [0.1, 0.15) is 64.8 Å². The first-order chi connectivity index (χ1) is 10.3. The van der Waals surface area contributed by atoms with E-state index in [4.69, 9.17) is 4.63 Å². The van der Waals surface area contributed by atoms with Gasteiger partial charge < -0.3 is 4.90 Å². The molecule has 2 rings (SSSR count). The maximum Gasteiger partial charge on any atom is 0.226 e. The van der Waals surface area contributed by atoms with Gasteiger partial charge in [0.2, 0.25) is 5.91 Å². The fourth-order valence-corrected chi connectivity index (χ4v) is 3.38. The highest BCUT2D eigenvalue weighted by molar-refractivity contribution is 5.78. The highest BCUT2D eigenvalue weighted by atomic mass is 16.6. The summed E-state index contributed by atoms with van der Waals surface area (Å²) in [4.78, 5) is 14.7. The molecule has 0 N–H and O–H groups in total. The van der Waals surface area contributed by atoms with Crippen LogP contribution in [0.15, 0.2) is 4.63 Å². The van der Waals surface area contributed by atoms with Crippen LogP contribution in [0, 0.1) is 24.2 Å². The molecule has 0 aliphatic heterocycles. The van der Waals surface area contributed by atoms with Crippen molar-refractivity contribution < 1.29 is 9.42 Å². The molecule has 1 heterocycles. The van der Waals surface area contributed by atoms with Gasteiger partial charge in [0.1, 0.15) is 11.4 Å². The van der Waals surface area contributed by atoms with E-state index in [0.29, 0.717) is 18.5 Å². The van der Waals surface area contributed by atoms with Gasteiger partial charge in [-0.1, -0.05) is 31.1 Å². The molecule has 5 heteroatoms. The first-order valence-electron chi connectivity index (χ1n) is 8.39. The molecule has 1 amide bonds. The van der Waals surface area contributed by atoms with E-state index in [1.807, 2.05) is 18.7 Å². The van der Waals surface area contributed by atoms with Gasteiger partial charge in [-0.2, -0.15) is 0 Å². The van der Waals surface area contributed by atoms with Crippen LogP contribution >= 0.6 is 0 Å². The molecule has 5 nitrogen and oxygen atoms in total. The molecule has 0 spiro atoms. The summed E-state index contributed by atoms with van der Waals surface area (Å²) in [7, 11) is 0. The third kappa shape index (κ3) is 3.87. The van der Waals surface area contributed by atoms with Gasteiger partial charge in [0, 0.05) is 12.5 Å². The quantitative estimate of drug-likeness (QED) is 0.853. The van der Waals surface area contributed by atoms with E-state index in [1.165, 1.54) is 0 Å². The molecule has 1 saturated carbocycles. The van der Waals surface area contributed by atoms with E-state index in [9.17, 15) is 4.79 Å². The number of aromatic nitrogens is 2. The Labute approximate surface area is 133 Å². The second-order valence-electron chi connectivity index (χ2n) is 7.56. The third-order valence-corrected chi connectivity index (χ3v) is 5.08. The molecular weight excluding hydrogens is 278 g/mol. The Morgan fingerprint density at radius 1 is 1.23 bits per heavy atom. The molecule has 1 aliphatic rings. The summed E-state index contributed by atoms with van der Waals surface area (Å²) in [6.07, 6.45) is 4.32. The molecule has 22 heavy (non-hydrogen) atoms. The van der Waals surface area contributed by atoms with E-state index in [1.54, 1.807) is 0 Å². The number of carbonyl (C=O) groups is 1. The lowest BCUT2D eigenvalue weighted by molar-refractivity contribution is -0.137. The molecule has 0 radical (unpaired) electrons. The predicted molar refractivity (Wildman–Crippen MR) is 85.0 cm³/mol. The van der Waals surface area contributed by atoms with Crippen molar-refractivity contribution in [3.63, 3.8) is 0 Å². The van der Waals surface area contributed by atoms with Gasteiger partial charge in [0.15, 0.2) is 0 Å². The lowest BCUT2D eigenvalue weighted by atomic mass is 9.69. The summed E-state index contributed by atoms with van der Waals surface area (Å²) >= 11 is 0. The van der Waals surface area contributed by atoms with Gasteiger partial charge >= 0.3 is 0 Å². The average molecular weight is 307 g/mol. The maximum atomic E-state index is 12.8. The van der Waals surface area contributed by atoms with Crippen LogP contribution in [0.2, 0.25) is 0 Å². The van der Waals surface area contributed by atoms with Crippen molar-refractivity contribution in [3.05, 3.63) is 11.4 Å². The fourth-order valence-electron chi connectivity index (χ4n) is 3.38. The van der Waals surface area contributed by atoms with Crippen LogP contribution in [0.4, 0.5) is 0 Å². The van der Waals surface area contributed by atoms with Crippen molar-refractivity contribution in [2.24, 2.45) is 17.3 Å². The minimum absolute atomic E-state index is 0.165. The fraction of sp³-hybridized carbons (Fsp3) is 0.824. The van der Waals surface area contributed by atoms with Gasteiger partial charge in [-0.15, -0.1) is 0 Å². The van der Waals surface area contributed by atoms with E-state index < -0.39 is 0 Å². The van der Waals surface area contributed by atoms with E-state index in [-0.39, 0.29) is 11.8 Å². The second-order valence-corrected chi connectivity index (χ2v) is 7.56. The number of carbonyl (C=O) groups excluding carboxylic acids is 1. The third-order valence-electron chi connectivity index (χ3n) is 5.08. The lowest BCUT2D eigenvalue weighted by Gasteiger charge is -2.37. The van der Waals surface area contributed by atoms with Crippen molar-refractivity contribution in [2.45, 2.75) is 66.8 Å². The SMILES string of the molecule is CCN(Cc1nonc1C)C(=O)C1CCC(C(C)(C)C)CC1. The molecule has 1 aliphatic carbocycles. The van der Waals surface area contributed by atoms with E-state index in [0.717, 1.165) is 43.0 Å². The van der Waals surface area contributed by atoms with Crippen LogP contribution < -0.4 is 0 Å². The monoisotopic (exact) mass is 307 g/mol. The standard InChI is InChI=1S/C17H29N3O2/c1-6-20(11-15-12(2)18-22-19-15)16(21)13-7-9-14(10-8-13)17(3,4)5/h13-14H,6-11H2,1-5H3. The van der Waals surface area contributed by atoms with Crippen molar-refractivity contribution in [1.82, 2.24) is 15.2 Å². The van der Waals surface area contributed by atoms with Crippen LogP contribution in [-0.4, -0.2) is 27.7 Å². The first-order valence-corrected chi connectivity index (χ1v) is 8.39. The molecule has 1 aromatic heterocycles. The molecular formula is C17H29N3O2. The summed E-state index contributed by atoms with van der Waals surface area (Å²) in [5, 5.41) is 7.68. The highest BCUT2D eigenvalue weighted by Gasteiger charge is 2.34. The number of aryl methyl sites for hydroxylation is 1. The summed E-state index contributed by atoms with van der Waals surface area (Å²) in [6, 6.07) is 0. The zero-order chi connectivity index (χ0) is 16.3. The van der Waals surface area contributed by atoms with Gasteiger partial charge in [-0.25, -0.2) is 4.63 Å². The molecule has 0 unspecified atom stereocenters. The number of nitrogens with zero attached hydrogens (tertiary/aromatic N) is 3. The van der Waals surface area contributed by atoms with E-state index >= 15 is 0 Å². The molecule has 0 aromatic carbocycles. The predicted octanol–water partition coefficient (Wildman–Crippen LogP) is 3.58. The summed E-state index contributed by atoms with van der Waals surface area (Å²) in [5.74, 6) is 1.16. The topological polar surface area (TPSA) is 59.2 Å². The van der Waals surface area contributed by atoms with Crippen molar-refractivity contribution in [2.75, 3.05) is 6.54 Å². The van der Waals surface area contributed by atoms with Gasteiger partial charge in [0.25, 0.3) is 0 Å². The summed E-state index contributed by atoms with van der Waals surface area (Å²) < 4.78 is 4.73. The molecule has 0 bridgehead atoms. The number of hydrogen-bond acceptors (Lipinski definition) is 4. The summed E-state index contributed by atoms with van der Waals surface area (Å²) in [6.45, 7) is 12.0. The molecule has 0 atom stereocenters.